The van der Waals surface area contributed by atoms with E-state index < -0.39 is 44.5 Å². The van der Waals surface area contributed by atoms with E-state index in [0.29, 0.717) is 76.9 Å². The second-order valence-electron chi connectivity index (χ2n) is 28.1. The van der Waals surface area contributed by atoms with Crippen molar-refractivity contribution < 1.29 is 140 Å². The van der Waals surface area contributed by atoms with E-state index in [1.807, 2.05) is 43.3 Å². The summed E-state index contributed by atoms with van der Waals surface area (Å²) in [6.07, 6.45) is -28.3. The standard InChI is InChI=1S/C27H25F3N4O3.C14H14F3N3O.C10H5ClF3NO.2C10H6F3NO2.C10H6F3NO.C6H6FN.CF2O/c1-17-2-5-21-23(31-17)7-8-24-26(21)36-20(16-35-24)15-33-10-12-34(13-11-33)25-9-3-18-14-19(37-27(28,29)30)4-6-22(18)32-25;15-14(16,17)21-11-2-3-12-10(9-11)1-4-13(19-12)20-7-5-18-6-8-20;11-9-4-1-6-5-7(16-10(12,13)14)2-3-8(6)15-9;11-10(12,13)16-7-2-3-8-6(5-7)1-4-9(15)14-8;11-10(12,13)16-8-3-4-9-7(6-8)2-1-5-14(9)15;11-10(12,13)15-8-3-4-9-7(6-8)2-1-5-14-9;7-5-1-3-6(8)4-2-5;2-1(3)4/h2-9,14,20H,10-13,15-16H2,1H3;1-4,9,18H,5-8H2;1-5H;1-5H,(H,14,15);1-6H;1-6H;1-4H,8H2;/t20-;;;;;;;/m0......./s1. The third-order valence-corrected chi connectivity index (χ3v) is 18.6. The Kier molecular flexibility index (Phi) is 32.3. The van der Waals surface area contributed by atoms with Crippen LogP contribution >= 0.6 is 11.6 Å². The fourth-order valence-corrected chi connectivity index (χ4v) is 13.1. The normalized spacial score (nSPS) is 14.0. The largest absolute Gasteiger partial charge is 0.618 e. The molecule has 3 aliphatic heterocycles. The van der Waals surface area contributed by atoms with E-state index in [2.05, 4.69) is 78.3 Å². The van der Waals surface area contributed by atoms with Crippen molar-refractivity contribution >= 4 is 112 Å². The number of pyridine rings is 7. The number of hydrogen-bond donors (Lipinski definition) is 3. The number of piperazine rings is 2. The molecule has 0 unspecified atom stereocenters. The highest BCUT2D eigenvalue weighted by molar-refractivity contribution is 6.29. The van der Waals surface area contributed by atoms with Gasteiger partial charge in [-0.3, -0.25) is 19.7 Å². The minimum Gasteiger partial charge on any atom is -0.618 e. The smallest absolute Gasteiger partial charge is 0.573 e. The first-order valence-electron chi connectivity index (χ1n) is 38.7. The van der Waals surface area contributed by atoms with Gasteiger partial charge in [0.1, 0.15) is 69.8 Å². The van der Waals surface area contributed by atoms with Crippen molar-refractivity contribution in [2.45, 2.75) is 51.2 Å². The number of aryl methyl sites for hydroxylation is 1. The van der Waals surface area contributed by atoms with Gasteiger partial charge in [0.2, 0.25) is 11.1 Å². The van der Waals surface area contributed by atoms with Gasteiger partial charge in [-0.2, -0.15) is 4.73 Å². The van der Waals surface area contributed by atoms with E-state index in [1.165, 1.54) is 140 Å². The molecule has 0 spiro atoms. The predicted molar refractivity (Wildman–Crippen MR) is 448 cm³/mol. The predicted octanol–water partition coefficient (Wildman–Crippen LogP) is 21.7. The number of hydrogen-bond acceptors (Lipinski definition) is 21. The Morgan fingerprint density at radius 1 is 0.481 bits per heavy atom. The highest BCUT2D eigenvalue weighted by Gasteiger charge is 2.36. The summed E-state index contributed by atoms with van der Waals surface area (Å²) in [4.78, 5) is 49.9. The van der Waals surface area contributed by atoms with Crippen molar-refractivity contribution in [3.63, 3.8) is 0 Å². The number of aromatic nitrogens is 7. The lowest BCUT2D eigenvalue weighted by Gasteiger charge is -2.38. The van der Waals surface area contributed by atoms with E-state index >= 15 is 0 Å². The molecule has 23 nitrogen and oxygen atoms in total. The van der Waals surface area contributed by atoms with Gasteiger partial charge in [0, 0.05) is 133 Å². The average Bonchev–Trinajstić information content (AvgIpc) is 0.778. The third kappa shape index (κ3) is 31.9. The van der Waals surface area contributed by atoms with Crippen molar-refractivity contribution in [1.29, 1.82) is 0 Å². The summed E-state index contributed by atoms with van der Waals surface area (Å²) in [5, 5.41) is 19.0. The molecule has 45 heteroatoms. The van der Waals surface area contributed by atoms with Crippen molar-refractivity contribution in [3.05, 3.63) is 275 Å². The Balaban J connectivity index is 0.000000155. The Bertz CT molecular complexity index is 6530. The SMILES string of the molecule is Cc1ccc2c3c(ccc2n1)OC[C@H](CN1CCN(c2ccc4cc(OC(F)(F)F)ccc4n2)CC1)O3.FC(F)(F)Oc1ccc2nc(Cl)ccc2c1.FC(F)(F)Oc1ccc2nc(N3CCNCC3)ccc2c1.FC(F)(F)Oc1ccc2ncccc2c1.Nc1ccc(F)cc1.O=C(F)F.O=c1ccc2cc(OC(F)(F)F)ccc2[nH]1.[O-][n+]1cccc2cc(OC(F)(F)F)ccc21. The van der Waals surface area contributed by atoms with Crippen LogP contribution in [0, 0.1) is 17.9 Å². The van der Waals surface area contributed by atoms with Crippen LogP contribution in [-0.4, -0.2) is 151 Å². The molecule has 2 saturated heterocycles. The minimum absolute atomic E-state index is 0.0853. The molecule has 0 bridgehead atoms. The van der Waals surface area contributed by atoms with Crippen molar-refractivity contribution in [2.24, 2.45) is 0 Å². The quantitative estimate of drug-likeness (QED) is 0.0287. The maximum absolute atomic E-state index is 12.5. The van der Waals surface area contributed by atoms with E-state index in [-0.39, 0.29) is 62.6 Å². The highest BCUT2D eigenvalue weighted by Crippen LogP contribution is 2.40. The number of carbonyl (C=O) groups excluding carboxylic acids is 1. The fourth-order valence-electron chi connectivity index (χ4n) is 12.9. The van der Waals surface area contributed by atoms with Gasteiger partial charge < -0.3 is 68.9 Å². The number of ether oxygens (including phenoxy) is 8. The number of alkyl halides is 18. The number of carbonyl (C=O) groups is 1. The third-order valence-electron chi connectivity index (χ3n) is 18.4. The van der Waals surface area contributed by atoms with Crippen molar-refractivity contribution in [1.82, 2.24) is 40.1 Å². The molecule has 0 radical (unpaired) electrons. The van der Waals surface area contributed by atoms with E-state index in [9.17, 15) is 102 Å². The number of benzene rings is 8. The molecule has 0 amide bonds. The number of anilines is 3. The summed E-state index contributed by atoms with van der Waals surface area (Å²) in [5.41, 5.74) is 10.6. The number of nitrogens with two attached hydrogens (primary N) is 1. The number of nitrogens with zero attached hydrogens (tertiary/aromatic N) is 9. The molecule has 7 aromatic heterocycles. The Morgan fingerprint density at radius 2 is 0.910 bits per heavy atom. The van der Waals surface area contributed by atoms with Crippen LogP contribution in [0.1, 0.15) is 5.69 Å². The van der Waals surface area contributed by atoms with Crippen LogP contribution in [0.5, 0.6) is 46.0 Å². The van der Waals surface area contributed by atoms with Crippen LogP contribution in [0.25, 0.3) is 76.3 Å². The van der Waals surface area contributed by atoms with Crippen molar-refractivity contribution in [3.8, 4) is 46.0 Å². The van der Waals surface area contributed by atoms with Gasteiger partial charge in [0.05, 0.1) is 33.0 Å². The summed E-state index contributed by atoms with van der Waals surface area (Å²) in [6.45, 7) is 9.98. The highest BCUT2D eigenvalue weighted by atomic mass is 35.5. The number of rotatable bonds is 10. The number of fused-ring (bicyclic) bond motifs is 9. The minimum atomic E-state index is -4.73. The lowest BCUT2D eigenvalue weighted by Crippen LogP contribution is -2.50. The van der Waals surface area contributed by atoms with Gasteiger partial charge in [-0.05, 0) is 213 Å². The monoisotopic (exact) mass is 1900 g/mol. The zero-order valence-corrected chi connectivity index (χ0v) is 68.9. The van der Waals surface area contributed by atoms with E-state index in [4.69, 9.17) is 31.6 Å². The second kappa shape index (κ2) is 43.4. The first-order valence-corrected chi connectivity index (χ1v) is 39.1. The number of halogens is 22. The molecule has 15 aromatic rings. The van der Waals surface area contributed by atoms with Gasteiger partial charge in [-0.25, -0.2) is 24.1 Å². The van der Waals surface area contributed by atoms with Gasteiger partial charge in [-0.1, -0.05) is 17.7 Å². The van der Waals surface area contributed by atoms with Gasteiger partial charge in [-0.15, -0.1) is 87.8 Å². The summed E-state index contributed by atoms with van der Waals surface area (Å²) < 4.78 is 285. The Labute approximate surface area is 741 Å². The molecule has 4 N–H and O–H groups in total. The molecule has 10 heterocycles. The number of H-pyrrole nitrogens is 1. The van der Waals surface area contributed by atoms with E-state index in [0.717, 1.165) is 117 Å². The topological polar surface area (TPSA) is 263 Å². The molecular formula is C88H68ClF21N12O11. The molecule has 3 aliphatic rings. The lowest BCUT2D eigenvalue weighted by atomic mass is 10.1. The zero-order chi connectivity index (χ0) is 96.2. The fraction of sp³-hybridized carbons (Fsp3) is 0.205. The first kappa shape index (κ1) is 99.0. The molecular weight excluding hydrogens is 1840 g/mol. The average molecular weight is 1900 g/mol. The van der Waals surface area contributed by atoms with Crippen LogP contribution in [0.3, 0.4) is 0 Å². The zero-order valence-electron chi connectivity index (χ0n) is 68.2. The number of nitrogens with one attached hydrogen (secondary N) is 2. The molecule has 133 heavy (non-hydrogen) atoms. The molecule has 8 aromatic carbocycles. The molecule has 0 saturated carbocycles. The molecule has 700 valence electrons. The van der Waals surface area contributed by atoms with Crippen molar-refractivity contribution in [2.75, 3.05) is 81.0 Å². The summed E-state index contributed by atoms with van der Waals surface area (Å²) in [7, 11) is 0. The number of nitrogen functional groups attached to an aromatic ring is 1. The van der Waals surface area contributed by atoms with Gasteiger partial charge >= 0.3 is 44.5 Å². The van der Waals surface area contributed by atoms with Gasteiger partial charge in [0.25, 0.3) is 0 Å². The molecule has 18 rings (SSSR count). The summed E-state index contributed by atoms with van der Waals surface area (Å²) in [5.74, 6) is 1.25. The lowest BCUT2D eigenvalue weighted by molar-refractivity contribution is -0.577. The van der Waals surface area contributed by atoms with Crippen LogP contribution in [0.4, 0.5) is 114 Å². The Hall–Kier alpha value is -14.6. The summed E-state index contributed by atoms with van der Waals surface area (Å²) in [6, 6.07) is 56.4. The first-order chi connectivity index (χ1) is 62.7. The summed E-state index contributed by atoms with van der Waals surface area (Å²) >= 11 is 5.64. The molecule has 1 atom stereocenters. The van der Waals surface area contributed by atoms with Crippen LogP contribution in [0.2, 0.25) is 5.15 Å². The molecule has 0 aliphatic carbocycles. The van der Waals surface area contributed by atoms with Crippen LogP contribution in [-0.2, 0) is 0 Å². The Morgan fingerprint density at radius 3 is 1.41 bits per heavy atom. The maximum Gasteiger partial charge on any atom is 0.573 e. The van der Waals surface area contributed by atoms with E-state index in [1.54, 1.807) is 48.7 Å². The van der Waals surface area contributed by atoms with Crippen LogP contribution < -0.4 is 69.0 Å². The number of aromatic amines is 1. The van der Waals surface area contributed by atoms with Crippen LogP contribution in [0.15, 0.2) is 248 Å². The molecule has 2 fully saturated rings. The maximum atomic E-state index is 12.5. The van der Waals surface area contributed by atoms with Gasteiger partial charge in [0.15, 0.2) is 17.7 Å². The second-order valence-corrected chi connectivity index (χ2v) is 28.5.